The van der Waals surface area contributed by atoms with E-state index in [1.165, 1.54) is 13.2 Å². The maximum Gasteiger partial charge on any atom is 0.318 e. The molecule has 2 aliphatic rings. The van der Waals surface area contributed by atoms with Crippen molar-refractivity contribution in [2.24, 2.45) is 5.92 Å². The van der Waals surface area contributed by atoms with Gasteiger partial charge in [-0.25, -0.2) is 0 Å². The van der Waals surface area contributed by atoms with Gasteiger partial charge in [-0.15, -0.1) is 0 Å². The first-order chi connectivity index (χ1) is 12.6. The van der Waals surface area contributed by atoms with E-state index in [-0.39, 0.29) is 24.9 Å². The molecule has 1 N–H and O–H groups in total. The lowest BCUT2D eigenvalue weighted by Crippen LogP contribution is -2.25. The van der Waals surface area contributed by atoms with Gasteiger partial charge in [-0.3, -0.25) is 9.59 Å². The van der Waals surface area contributed by atoms with Gasteiger partial charge >= 0.3 is 5.97 Å². The fourth-order valence-corrected chi connectivity index (χ4v) is 3.42. The molecule has 134 valence electrons. The summed E-state index contributed by atoms with van der Waals surface area (Å²) in [5.41, 5.74) is 0.970. The summed E-state index contributed by atoms with van der Waals surface area (Å²) in [6.45, 7) is -0.234. The lowest BCUT2D eigenvalue weighted by molar-refractivity contribution is -0.141. The molecule has 7 heteroatoms. The van der Waals surface area contributed by atoms with E-state index >= 15 is 0 Å². The number of fused-ring (bicyclic) bond motifs is 1. The van der Waals surface area contributed by atoms with Crippen LogP contribution in [0.25, 0.3) is 0 Å². The Bertz CT molecular complexity index is 873. The molecule has 2 heterocycles. The van der Waals surface area contributed by atoms with Gasteiger partial charge in [-0.05, 0) is 12.1 Å². The van der Waals surface area contributed by atoms with Gasteiger partial charge < -0.3 is 24.1 Å². The predicted molar refractivity (Wildman–Crippen MR) is 88.5 cm³/mol. The largest absolute Gasteiger partial charge is 0.508 e. The zero-order valence-corrected chi connectivity index (χ0v) is 13.9. The maximum atomic E-state index is 12.4. The van der Waals surface area contributed by atoms with E-state index in [1.807, 2.05) is 0 Å². The monoisotopic (exact) mass is 356 g/mol. The van der Waals surface area contributed by atoms with E-state index in [1.54, 1.807) is 30.3 Å². The third kappa shape index (κ3) is 2.52. The number of methoxy groups -OCH3 is 1. The molecular weight excluding hydrogens is 340 g/mol. The topological polar surface area (TPSA) is 91.3 Å². The van der Waals surface area contributed by atoms with Crippen molar-refractivity contribution < 1.29 is 33.6 Å². The Hall–Kier alpha value is -3.22. The van der Waals surface area contributed by atoms with Crippen LogP contribution in [0.3, 0.4) is 0 Å². The number of para-hydroxylation sites is 1. The number of rotatable bonds is 4. The standard InChI is InChI=1S/C19H16O7/c1-23-14-5-3-2-4-10(14)17(18-13(21)8-24-19(18)22)11-6-15-16(7-12(11)20)26-9-25-15/h2-7,17-18,20H,8-9H2,1H3/t17-,18-/m0/s1. The van der Waals surface area contributed by atoms with Crippen molar-refractivity contribution in [2.75, 3.05) is 20.5 Å². The fourth-order valence-electron chi connectivity index (χ4n) is 3.42. The number of benzene rings is 2. The number of esters is 1. The van der Waals surface area contributed by atoms with Gasteiger partial charge in [0.15, 0.2) is 23.9 Å². The van der Waals surface area contributed by atoms with Crippen LogP contribution < -0.4 is 14.2 Å². The summed E-state index contributed by atoms with van der Waals surface area (Å²) in [7, 11) is 1.50. The number of aromatic hydroxyl groups is 1. The number of ketones is 1. The first kappa shape index (κ1) is 16.3. The highest BCUT2D eigenvalue weighted by Gasteiger charge is 2.45. The number of carbonyl (C=O) groups is 2. The average Bonchev–Trinajstić information content (AvgIpc) is 3.23. The summed E-state index contributed by atoms with van der Waals surface area (Å²) >= 11 is 0. The molecule has 0 unspecified atom stereocenters. The molecule has 0 amide bonds. The minimum Gasteiger partial charge on any atom is -0.508 e. The summed E-state index contributed by atoms with van der Waals surface area (Å²) in [6, 6.07) is 10.1. The second-order valence-electron chi connectivity index (χ2n) is 6.04. The highest BCUT2D eigenvalue weighted by molar-refractivity contribution is 6.06. The Morgan fingerprint density at radius 3 is 2.50 bits per heavy atom. The molecule has 1 saturated heterocycles. The molecule has 0 saturated carbocycles. The number of phenolic OH excluding ortho intramolecular Hbond substituents is 1. The van der Waals surface area contributed by atoms with Crippen molar-refractivity contribution in [2.45, 2.75) is 5.92 Å². The van der Waals surface area contributed by atoms with Gasteiger partial charge in [0.2, 0.25) is 6.79 Å². The van der Waals surface area contributed by atoms with Crippen LogP contribution in [-0.4, -0.2) is 37.4 Å². The highest BCUT2D eigenvalue weighted by atomic mass is 16.7. The van der Waals surface area contributed by atoms with Crippen molar-refractivity contribution in [3.63, 3.8) is 0 Å². The van der Waals surface area contributed by atoms with Crippen LogP contribution >= 0.6 is 0 Å². The lowest BCUT2D eigenvalue weighted by atomic mass is 9.78. The van der Waals surface area contributed by atoms with E-state index < -0.39 is 17.8 Å². The second kappa shape index (κ2) is 6.25. The van der Waals surface area contributed by atoms with E-state index in [2.05, 4.69) is 0 Å². The average molecular weight is 356 g/mol. The van der Waals surface area contributed by atoms with Crippen molar-refractivity contribution >= 4 is 11.8 Å². The number of ether oxygens (including phenoxy) is 4. The smallest absolute Gasteiger partial charge is 0.318 e. The van der Waals surface area contributed by atoms with Gasteiger partial charge in [0.25, 0.3) is 0 Å². The molecule has 26 heavy (non-hydrogen) atoms. The number of phenols is 1. The van der Waals surface area contributed by atoms with Crippen molar-refractivity contribution in [3.8, 4) is 23.0 Å². The quantitative estimate of drug-likeness (QED) is 0.662. The number of hydrogen-bond donors (Lipinski definition) is 1. The number of carbonyl (C=O) groups excluding carboxylic acids is 2. The van der Waals surface area contributed by atoms with Crippen LogP contribution in [0.5, 0.6) is 23.0 Å². The Morgan fingerprint density at radius 1 is 1.08 bits per heavy atom. The zero-order chi connectivity index (χ0) is 18.3. The van der Waals surface area contributed by atoms with E-state index in [0.29, 0.717) is 28.4 Å². The molecule has 1 fully saturated rings. The molecule has 2 aromatic carbocycles. The van der Waals surface area contributed by atoms with Crippen LogP contribution in [0.4, 0.5) is 0 Å². The van der Waals surface area contributed by atoms with Gasteiger partial charge in [0.1, 0.15) is 17.4 Å². The van der Waals surface area contributed by atoms with Gasteiger partial charge in [0.05, 0.1) is 7.11 Å². The SMILES string of the molecule is COc1ccccc1[C@@H](c1cc2c(cc1O)OCO2)[C@@H]1C(=O)COC1=O. The normalized spacial score (nSPS) is 19.3. The van der Waals surface area contributed by atoms with Crippen LogP contribution in [0, 0.1) is 5.92 Å². The molecule has 4 rings (SSSR count). The molecule has 0 aliphatic carbocycles. The zero-order valence-electron chi connectivity index (χ0n) is 13.9. The molecule has 0 spiro atoms. The molecule has 0 aromatic heterocycles. The first-order valence-corrected chi connectivity index (χ1v) is 8.05. The first-order valence-electron chi connectivity index (χ1n) is 8.05. The van der Waals surface area contributed by atoms with Crippen molar-refractivity contribution in [1.29, 1.82) is 0 Å². The Morgan fingerprint density at radius 2 is 1.81 bits per heavy atom. The highest BCUT2D eigenvalue weighted by Crippen LogP contribution is 2.47. The summed E-state index contributed by atoms with van der Waals surface area (Å²) in [5.74, 6) is -1.56. The van der Waals surface area contributed by atoms with Crippen LogP contribution in [-0.2, 0) is 14.3 Å². The van der Waals surface area contributed by atoms with Gasteiger partial charge in [0, 0.05) is 23.1 Å². The Labute approximate surface area is 149 Å². The third-order valence-electron chi connectivity index (χ3n) is 4.62. The van der Waals surface area contributed by atoms with E-state index in [4.69, 9.17) is 18.9 Å². The minimum atomic E-state index is -1.07. The molecule has 0 bridgehead atoms. The summed E-state index contributed by atoms with van der Waals surface area (Å²) < 4.78 is 21.0. The van der Waals surface area contributed by atoms with Crippen LogP contribution in [0.1, 0.15) is 17.0 Å². The molecular formula is C19H16O7. The molecule has 0 radical (unpaired) electrons. The van der Waals surface area contributed by atoms with Gasteiger partial charge in [-0.2, -0.15) is 0 Å². The van der Waals surface area contributed by atoms with Crippen molar-refractivity contribution in [3.05, 3.63) is 47.5 Å². The fraction of sp³-hybridized carbons (Fsp3) is 0.263. The van der Waals surface area contributed by atoms with E-state index in [9.17, 15) is 14.7 Å². The number of cyclic esters (lactones) is 1. The van der Waals surface area contributed by atoms with Crippen LogP contribution in [0.15, 0.2) is 36.4 Å². The van der Waals surface area contributed by atoms with Crippen LogP contribution in [0.2, 0.25) is 0 Å². The Balaban J connectivity index is 1.92. The number of hydrogen-bond acceptors (Lipinski definition) is 7. The predicted octanol–water partition coefficient (Wildman–Crippen LogP) is 2.00. The number of Topliss-reactive ketones (excluding diaryl/α,β-unsaturated/α-hetero) is 1. The lowest BCUT2D eigenvalue weighted by Gasteiger charge is -2.24. The summed E-state index contributed by atoms with van der Waals surface area (Å²) in [4.78, 5) is 24.7. The summed E-state index contributed by atoms with van der Waals surface area (Å²) in [5, 5.41) is 10.6. The second-order valence-corrected chi connectivity index (χ2v) is 6.04. The Kier molecular flexibility index (Phi) is 3.91. The minimum absolute atomic E-state index is 0.0436. The molecule has 7 nitrogen and oxygen atoms in total. The molecule has 2 aromatic rings. The van der Waals surface area contributed by atoms with Gasteiger partial charge in [-0.1, -0.05) is 18.2 Å². The van der Waals surface area contributed by atoms with Crippen molar-refractivity contribution in [1.82, 2.24) is 0 Å². The maximum absolute atomic E-state index is 12.4. The van der Waals surface area contributed by atoms with E-state index in [0.717, 1.165) is 0 Å². The molecule has 2 aliphatic heterocycles. The third-order valence-corrected chi connectivity index (χ3v) is 4.62. The summed E-state index contributed by atoms with van der Waals surface area (Å²) in [6.07, 6.45) is 0. The molecule has 2 atom stereocenters.